The molecule has 1 saturated carbocycles. The summed E-state index contributed by atoms with van der Waals surface area (Å²) in [6, 6.07) is 4.78. The lowest BCUT2D eigenvalue weighted by molar-refractivity contribution is 0.634. The Bertz CT molecular complexity index is 430. The molecule has 0 aliphatic heterocycles. The molecule has 0 heterocycles. The Morgan fingerprint density at radius 1 is 1.22 bits per heavy atom. The van der Waals surface area contributed by atoms with E-state index in [9.17, 15) is 0 Å². The van der Waals surface area contributed by atoms with Gasteiger partial charge in [-0.15, -0.1) is 0 Å². The molecule has 1 aromatic carbocycles. The highest BCUT2D eigenvalue weighted by atomic mass is 79.9. The maximum absolute atomic E-state index is 5.36. The highest BCUT2D eigenvalue weighted by Gasteiger charge is 2.15. The van der Waals surface area contributed by atoms with E-state index in [0.717, 1.165) is 10.8 Å². The maximum Gasteiger partial charge on any atom is 0.170 e. The summed E-state index contributed by atoms with van der Waals surface area (Å²) in [6.45, 7) is 4.19. The van der Waals surface area contributed by atoms with Crippen molar-refractivity contribution in [3.05, 3.63) is 27.7 Å². The smallest absolute Gasteiger partial charge is 0.170 e. The van der Waals surface area contributed by atoms with Gasteiger partial charge in [0, 0.05) is 16.2 Å². The molecule has 18 heavy (non-hydrogen) atoms. The van der Waals surface area contributed by atoms with Gasteiger partial charge in [-0.1, -0.05) is 28.8 Å². The zero-order chi connectivity index (χ0) is 13.1. The van der Waals surface area contributed by atoms with Gasteiger partial charge in [-0.25, -0.2) is 0 Å². The number of anilines is 1. The number of halogens is 1. The Balaban J connectivity index is 1.98. The number of nitrogens with one attached hydrogen (secondary N) is 2. The third kappa shape index (κ3) is 3.45. The minimum absolute atomic E-state index is 0.558. The molecular formula is C14H19BrN2S. The summed E-state index contributed by atoms with van der Waals surface area (Å²) in [7, 11) is 0. The molecule has 0 saturated heterocycles. The molecule has 0 atom stereocenters. The van der Waals surface area contributed by atoms with Gasteiger partial charge in [0.15, 0.2) is 5.11 Å². The van der Waals surface area contributed by atoms with E-state index in [1.165, 1.54) is 41.3 Å². The zero-order valence-corrected chi connectivity index (χ0v) is 13.2. The van der Waals surface area contributed by atoms with Crippen LogP contribution in [0.1, 0.15) is 36.8 Å². The first-order valence-electron chi connectivity index (χ1n) is 6.40. The lowest BCUT2D eigenvalue weighted by Gasteiger charge is -2.16. The molecule has 1 aromatic rings. The van der Waals surface area contributed by atoms with E-state index in [2.05, 4.69) is 52.5 Å². The number of thiocarbonyl (C=S) groups is 1. The second kappa shape index (κ2) is 6.02. The van der Waals surface area contributed by atoms with Gasteiger partial charge in [0.05, 0.1) is 0 Å². The van der Waals surface area contributed by atoms with E-state index in [1.54, 1.807) is 0 Å². The molecule has 1 fully saturated rings. The van der Waals surface area contributed by atoms with Crippen LogP contribution < -0.4 is 10.6 Å². The fraction of sp³-hybridized carbons (Fsp3) is 0.500. The molecule has 0 radical (unpaired) electrons. The van der Waals surface area contributed by atoms with Crippen molar-refractivity contribution in [2.45, 2.75) is 45.6 Å². The van der Waals surface area contributed by atoms with Crippen LogP contribution in [0.15, 0.2) is 16.6 Å². The van der Waals surface area contributed by atoms with Gasteiger partial charge >= 0.3 is 0 Å². The van der Waals surface area contributed by atoms with Gasteiger partial charge in [-0.2, -0.15) is 0 Å². The van der Waals surface area contributed by atoms with E-state index in [0.29, 0.717) is 6.04 Å². The summed E-state index contributed by atoms with van der Waals surface area (Å²) in [5.41, 5.74) is 3.51. The largest absolute Gasteiger partial charge is 0.360 e. The summed E-state index contributed by atoms with van der Waals surface area (Å²) >= 11 is 8.93. The number of rotatable bonds is 2. The van der Waals surface area contributed by atoms with Crippen molar-refractivity contribution in [3.63, 3.8) is 0 Å². The highest BCUT2D eigenvalue weighted by molar-refractivity contribution is 9.10. The van der Waals surface area contributed by atoms with Gasteiger partial charge in [-0.05, 0) is 62.2 Å². The minimum Gasteiger partial charge on any atom is -0.360 e. The topological polar surface area (TPSA) is 24.1 Å². The Hall–Kier alpha value is -0.610. The van der Waals surface area contributed by atoms with Crippen LogP contribution in [0.25, 0.3) is 0 Å². The molecule has 1 aliphatic carbocycles. The molecular weight excluding hydrogens is 308 g/mol. The van der Waals surface area contributed by atoms with Crippen LogP contribution in [0.5, 0.6) is 0 Å². The lowest BCUT2D eigenvalue weighted by Crippen LogP contribution is -2.35. The Morgan fingerprint density at radius 3 is 2.33 bits per heavy atom. The van der Waals surface area contributed by atoms with E-state index in [1.807, 2.05) is 0 Å². The van der Waals surface area contributed by atoms with Gasteiger partial charge in [0.1, 0.15) is 0 Å². The van der Waals surface area contributed by atoms with Gasteiger partial charge in [0.25, 0.3) is 0 Å². The highest BCUT2D eigenvalue weighted by Crippen LogP contribution is 2.25. The predicted molar refractivity (Wildman–Crippen MR) is 85.2 cm³/mol. The number of hydrogen-bond donors (Lipinski definition) is 2. The van der Waals surface area contributed by atoms with Gasteiger partial charge < -0.3 is 10.6 Å². The van der Waals surface area contributed by atoms with Crippen LogP contribution in [0.4, 0.5) is 5.69 Å². The second-order valence-electron chi connectivity index (χ2n) is 5.00. The van der Waals surface area contributed by atoms with Crippen molar-refractivity contribution in [1.82, 2.24) is 5.32 Å². The molecule has 0 spiro atoms. The Morgan fingerprint density at radius 2 is 1.78 bits per heavy atom. The monoisotopic (exact) mass is 326 g/mol. The average Bonchev–Trinajstić information content (AvgIpc) is 2.78. The van der Waals surface area contributed by atoms with Crippen molar-refractivity contribution in [1.29, 1.82) is 0 Å². The van der Waals surface area contributed by atoms with Crippen molar-refractivity contribution in [2.24, 2.45) is 0 Å². The summed E-state index contributed by atoms with van der Waals surface area (Å²) in [5, 5.41) is 7.41. The fourth-order valence-corrected chi connectivity index (χ4v) is 2.95. The maximum atomic E-state index is 5.36. The van der Waals surface area contributed by atoms with Crippen LogP contribution in [-0.4, -0.2) is 11.2 Å². The molecule has 0 bridgehead atoms. The first kappa shape index (κ1) is 13.8. The van der Waals surface area contributed by atoms with Crippen LogP contribution >= 0.6 is 28.1 Å². The number of aryl methyl sites for hydroxylation is 2. The Kier molecular flexibility index (Phi) is 4.62. The van der Waals surface area contributed by atoms with E-state index in [4.69, 9.17) is 12.2 Å². The van der Waals surface area contributed by atoms with Crippen LogP contribution in [0.2, 0.25) is 0 Å². The Labute approximate surface area is 123 Å². The van der Waals surface area contributed by atoms with Crippen molar-refractivity contribution in [3.8, 4) is 0 Å². The number of benzene rings is 1. The standard InChI is InChI=1S/C14H19BrN2S/c1-9-7-12(8-10(2)13(9)15)17-14(18)16-11-5-3-4-6-11/h7-8,11H,3-6H2,1-2H3,(H2,16,17,18). The molecule has 2 N–H and O–H groups in total. The van der Waals surface area contributed by atoms with Gasteiger partial charge in [0.2, 0.25) is 0 Å². The molecule has 2 nitrogen and oxygen atoms in total. The van der Waals surface area contributed by atoms with E-state index in [-0.39, 0.29) is 0 Å². The number of hydrogen-bond acceptors (Lipinski definition) is 1. The minimum atomic E-state index is 0.558. The molecule has 2 rings (SSSR count). The molecule has 4 heteroatoms. The molecule has 0 unspecified atom stereocenters. The van der Waals surface area contributed by atoms with Crippen molar-refractivity contribution in [2.75, 3.05) is 5.32 Å². The van der Waals surface area contributed by atoms with E-state index < -0.39 is 0 Å². The predicted octanol–water partition coefficient (Wildman–Crippen LogP) is 4.29. The third-order valence-electron chi connectivity index (χ3n) is 3.38. The average molecular weight is 327 g/mol. The summed E-state index contributed by atoms with van der Waals surface area (Å²) in [4.78, 5) is 0. The van der Waals surface area contributed by atoms with Crippen LogP contribution in [0, 0.1) is 13.8 Å². The van der Waals surface area contributed by atoms with Gasteiger partial charge in [-0.3, -0.25) is 0 Å². The first-order chi connectivity index (χ1) is 8.56. The SMILES string of the molecule is Cc1cc(NC(=S)NC2CCCC2)cc(C)c1Br. The quantitative estimate of drug-likeness (QED) is 0.792. The molecule has 98 valence electrons. The van der Waals surface area contributed by atoms with Crippen molar-refractivity contribution < 1.29 is 0 Å². The van der Waals surface area contributed by atoms with Crippen molar-refractivity contribution >= 4 is 38.9 Å². The summed E-state index contributed by atoms with van der Waals surface area (Å²) in [6.07, 6.45) is 5.11. The zero-order valence-electron chi connectivity index (χ0n) is 10.8. The summed E-state index contributed by atoms with van der Waals surface area (Å²) in [5.74, 6) is 0. The third-order valence-corrected chi connectivity index (χ3v) is 4.86. The van der Waals surface area contributed by atoms with Crippen LogP contribution in [0.3, 0.4) is 0 Å². The lowest BCUT2D eigenvalue weighted by atomic mass is 10.1. The molecule has 1 aliphatic rings. The second-order valence-corrected chi connectivity index (χ2v) is 6.21. The van der Waals surface area contributed by atoms with E-state index >= 15 is 0 Å². The molecule has 0 amide bonds. The first-order valence-corrected chi connectivity index (χ1v) is 7.60. The molecule has 0 aromatic heterocycles. The normalized spacial score (nSPS) is 15.7. The summed E-state index contributed by atoms with van der Waals surface area (Å²) < 4.78 is 1.17. The fourth-order valence-electron chi connectivity index (χ4n) is 2.44. The van der Waals surface area contributed by atoms with Crippen LogP contribution in [-0.2, 0) is 0 Å².